The molecule has 0 aromatic carbocycles. The molecule has 0 atom stereocenters. The average molecular weight is 150 g/mol. The fourth-order valence-electron chi connectivity index (χ4n) is 0.814. The quantitative estimate of drug-likeness (QED) is 0.573. The highest BCUT2D eigenvalue weighted by Crippen LogP contribution is 2.06. The molecule has 0 spiro atoms. The van der Waals surface area contributed by atoms with E-state index >= 15 is 0 Å². The largest absolute Gasteiger partial charge is 0.334 e. The standard InChI is InChI=1S/C8H10N2O/c1-3-4-7-6(2)5-9-8(11)10-7/h3-4H,1-2,5H2,(H2,9,10,11)/b7-4+. The lowest BCUT2D eigenvalue weighted by atomic mass is 10.2. The van der Waals surface area contributed by atoms with Crippen molar-refractivity contribution in [2.24, 2.45) is 0 Å². The Bertz CT molecular complexity index is 240. The van der Waals surface area contributed by atoms with Crippen LogP contribution >= 0.6 is 0 Å². The monoisotopic (exact) mass is 150 g/mol. The first-order chi connectivity index (χ1) is 5.24. The molecule has 1 heterocycles. The first kappa shape index (κ1) is 7.60. The van der Waals surface area contributed by atoms with E-state index in [4.69, 9.17) is 0 Å². The molecular weight excluding hydrogens is 140 g/mol. The average Bonchev–Trinajstić information content (AvgIpc) is 1.98. The van der Waals surface area contributed by atoms with E-state index in [2.05, 4.69) is 23.8 Å². The molecule has 0 aromatic rings. The normalized spacial score (nSPS) is 20.9. The number of allylic oxidation sites excluding steroid dienone is 2. The van der Waals surface area contributed by atoms with Crippen molar-refractivity contribution in [2.45, 2.75) is 0 Å². The van der Waals surface area contributed by atoms with Gasteiger partial charge >= 0.3 is 6.03 Å². The van der Waals surface area contributed by atoms with Crippen LogP contribution in [0.15, 0.2) is 36.6 Å². The van der Waals surface area contributed by atoms with Crippen molar-refractivity contribution in [3.8, 4) is 0 Å². The van der Waals surface area contributed by atoms with Crippen molar-refractivity contribution < 1.29 is 4.79 Å². The predicted molar refractivity (Wildman–Crippen MR) is 44.0 cm³/mol. The fraction of sp³-hybridized carbons (Fsp3) is 0.125. The van der Waals surface area contributed by atoms with Crippen LogP contribution in [0.5, 0.6) is 0 Å². The Hall–Kier alpha value is -1.51. The van der Waals surface area contributed by atoms with Crippen LogP contribution in [-0.4, -0.2) is 12.6 Å². The summed E-state index contributed by atoms with van der Waals surface area (Å²) in [5.74, 6) is 0. The van der Waals surface area contributed by atoms with Gasteiger partial charge in [-0.3, -0.25) is 0 Å². The second-order valence-electron chi connectivity index (χ2n) is 2.23. The van der Waals surface area contributed by atoms with E-state index in [0.717, 1.165) is 11.3 Å². The van der Waals surface area contributed by atoms with E-state index < -0.39 is 0 Å². The lowest BCUT2D eigenvalue weighted by molar-refractivity contribution is 0.242. The molecule has 0 bridgehead atoms. The van der Waals surface area contributed by atoms with Crippen molar-refractivity contribution in [3.05, 3.63) is 36.6 Å². The van der Waals surface area contributed by atoms with E-state index in [9.17, 15) is 4.79 Å². The summed E-state index contributed by atoms with van der Waals surface area (Å²) in [5.41, 5.74) is 1.60. The lowest BCUT2D eigenvalue weighted by Crippen LogP contribution is -2.42. The van der Waals surface area contributed by atoms with Gasteiger partial charge in [0.25, 0.3) is 0 Å². The Morgan fingerprint density at radius 1 is 1.55 bits per heavy atom. The predicted octanol–water partition coefficient (Wildman–Crippen LogP) is 0.925. The molecule has 0 aliphatic carbocycles. The molecule has 1 aliphatic rings. The van der Waals surface area contributed by atoms with Crippen LogP contribution in [0.4, 0.5) is 4.79 Å². The fourth-order valence-corrected chi connectivity index (χ4v) is 0.814. The van der Waals surface area contributed by atoms with Crippen LogP contribution in [0.3, 0.4) is 0 Å². The van der Waals surface area contributed by atoms with Gasteiger partial charge in [0.05, 0.1) is 0 Å². The van der Waals surface area contributed by atoms with Crippen LogP contribution in [0.25, 0.3) is 0 Å². The molecule has 1 saturated heterocycles. The number of urea groups is 1. The third kappa shape index (κ3) is 1.70. The van der Waals surface area contributed by atoms with Crippen molar-refractivity contribution in [1.29, 1.82) is 0 Å². The molecule has 58 valence electrons. The first-order valence-electron chi connectivity index (χ1n) is 3.30. The van der Waals surface area contributed by atoms with E-state index in [1.807, 2.05) is 0 Å². The zero-order chi connectivity index (χ0) is 8.27. The summed E-state index contributed by atoms with van der Waals surface area (Å²) >= 11 is 0. The van der Waals surface area contributed by atoms with E-state index in [0.29, 0.717) is 6.54 Å². The maximum Gasteiger partial charge on any atom is 0.319 e. The van der Waals surface area contributed by atoms with Crippen molar-refractivity contribution in [3.63, 3.8) is 0 Å². The van der Waals surface area contributed by atoms with Crippen LogP contribution in [0, 0.1) is 0 Å². The molecule has 1 aliphatic heterocycles. The molecular formula is C8H10N2O. The van der Waals surface area contributed by atoms with Crippen LogP contribution in [-0.2, 0) is 0 Å². The molecule has 3 nitrogen and oxygen atoms in total. The first-order valence-corrected chi connectivity index (χ1v) is 3.30. The maximum absolute atomic E-state index is 10.8. The number of carbonyl (C=O) groups excluding carboxylic acids is 1. The Kier molecular flexibility index (Phi) is 2.11. The van der Waals surface area contributed by atoms with Gasteiger partial charge in [0.15, 0.2) is 0 Å². The topological polar surface area (TPSA) is 41.1 Å². The molecule has 0 unspecified atom stereocenters. The molecule has 0 saturated carbocycles. The Labute approximate surface area is 65.5 Å². The van der Waals surface area contributed by atoms with Gasteiger partial charge < -0.3 is 10.6 Å². The van der Waals surface area contributed by atoms with Crippen molar-refractivity contribution >= 4 is 6.03 Å². The highest BCUT2D eigenvalue weighted by atomic mass is 16.2. The number of carbonyl (C=O) groups is 1. The van der Waals surface area contributed by atoms with Gasteiger partial charge in [-0.1, -0.05) is 19.2 Å². The van der Waals surface area contributed by atoms with Gasteiger partial charge in [-0.25, -0.2) is 4.79 Å². The summed E-state index contributed by atoms with van der Waals surface area (Å²) in [5, 5.41) is 5.20. The minimum atomic E-state index is -0.189. The van der Waals surface area contributed by atoms with E-state index in [1.165, 1.54) is 0 Å². The summed E-state index contributed by atoms with van der Waals surface area (Å²) in [6, 6.07) is -0.189. The molecule has 1 fully saturated rings. The number of rotatable bonds is 1. The summed E-state index contributed by atoms with van der Waals surface area (Å²) in [7, 11) is 0. The summed E-state index contributed by atoms with van der Waals surface area (Å²) in [6.45, 7) is 7.79. The third-order valence-electron chi connectivity index (χ3n) is 1.38. The van der Waals surface area contributed by atoms with Crippen LogP contribution in [0.1, 0.15) is 0 Å². The Morgan fingerprint density at radius 2 is 2.27 bits per heavy atom. The van der Waals surface area contributed by atoms with Crippen molar-refractivity contribution in [2.75, 3.05) is 6.54 Å². The van der Waals surface area contributed by atoms with Gasteiger partial charge in [0, 0.05) is 12.2 Å². The van der Waals surface area contributed by atoms with Gasteiger partial charge in [-0.05, 0) is 11.6 Å². The second kappa shape index (κ2) is 3.05. The highest BCUT2D eigenvalue weighted by Gasteiger charge is 2.12. The van der Waals surface area contributed by atoms with Crippen LogP contribution in [0.2, 0.25) is 0 Å². The van der Waals surface area contributed by atoms with Gasteiger partial charge in [-0.2, -0.15) is 0 Å². The van der Waals surface area contributed by atoms with E-state index in [1.54, 1.807) is 12.2 Å². The number of hydrogen-bond donors (Lipinski definition) is 2. The molecule has 11 heavy (non-hydrogen) atoms. The second-order valence-corrected chi connectivity index (χ2v) is 2.23. The zero-order valence-corrected chi connectivity index (χ0v) is 6.18. The van der Waals surface area contributed by atoms with Gasteiger partial charge in [0.1, 0.15) is 0 Å². The third-order valence-corrected chi connectivity index (χ3v) is 1.38. The SMILES string of the molecule is C=C/C=C1/NC(=O)NCC1=C. The summed E-state index contributed by atoms with van der Waals surface area (Å²) in [6.07, 6.45) is 3.34. The number of amides is 2. The molecule has 3 heteroatoms. The highest BCUT2D eigenvalue weighted by molar-refractivity contribution is 5.79. The van der Waals surface area contributed by atoms with Crippen LogP contribution < -0.4 is 10.6 Å². The minimum absolute atomic E-state index is 0.189. The number of nitrogens with one attached hydrogen (secondary N) is 2. The summed E-state index contributed by atoms with van der Waals surface area (Å²) in [4.78, 5) is 10.8. The summed E-state index contributed by atoms with van der Waals surface area (Å²) < 4.78 is 0. The van der Waals surface area contributed by atoms with Gasteiger partial charge in [-0.15, -0.1) is 0 Å². The molecule has 2 N–H and O–H groups in total. The minimum Gasteiger partial charge on any atom is -0.334 e. The van der Waals surface area contributed by atoms with Crippen molar-refractivity contribution in [1.82, 2.24) is 10.6 Å². The Morgan fingerprint density at radius 3 is 2.91 bits per heavy atom. The zero-order valence-electron chi connectivity index (χ0n) is 6.18. The lowest BCUT2D eigenvalue weighted by Gasteiger charge is -2.18. The molecule has 0 aromatic heterocycles. The molecule has 1 rings (SSSR count). The maximum atomic E-state index is 10.8. The smallest absolute Gasteiger partial charge is 0.319 e. The molecule has 2 amide bonds. The number of hydrogen-bond acceptors (Lipinski definition) is 1. The molecule has 0 radical (unpaired) electrons. The van der Waals surface area contributed by atoms with E-state index in [-0.39, 0.29) is 6.03 Å². The van der Waals surface area contributed by atoms with Gasteiger partial charge in [0.2, 0.25) is 0 Å². The Balaban J connectivity index is 2.76.